The number of hydrogen-bond donors (Lipinski definition) is 2. The van der Waals surface area contributed by atoms with E-state index in [0.717, 1.165) is 0 Å². The lowest BCUT2D eigenvalue weighted by Crippen LogP contribution is -2.44. The smallest absolute Gasteiger partial charge is 0.422 e. The number of rotatable bonds is 10. The quantitative estimate of drug-likeness (QED) is 0.512. The number of sulfonamides is 1. The summed E-state index contributed by atoms with van der Waals surface area (Å²) < 4.78 is 68.9. The highest BCUT2D eigenvalue weighted by Gasteiger charge is 2.28. The normalized spacial score (nSPS) is 12.9. The molecule has 2 N–H and O–H groups in total. The second-order valence-corrected chi connectivity index (χ2v) is 9.46. The SMILES string of the molecule is CSCCC(NS(=O)(=O)c1ccc(Cl)cc1)C(=O)Nc1ccc(OCC(F)(F)F)cc1. The molecule has 0 fully saturated rings. The predicted molar refractivity (Wildman–Crippen MR) is 115 cm³/mol. The number of benzene rings is 2. The molecule has 2 aromatic carbocycles. The first-order valence-corrected chi connectivity index (χ1v) is 12.1. The summed E-state index contributed by atoms with van der Waals surface area (Å²) in [6.07, 6.45) is -2.41. The zero-order valence-electron chi connectivity index (χ0n) is 16.3. The molecule has 1 atom stereocenters. The predicted octanol–water partition coefficient (Wildman–Crippen LogP) is 4.32. The summed E-state index contributed by atoms with van der Waals surface area (Å²) in [4.78, 5) is 12.6. The molecule has 12 heteroatoms. The van der Waals surface area contributed by atoms with Crippen molar-refractivity contribution in [3.05, 3.63) is 53.6 Å². The largest absolute Gasteiger partial charge is 0.484 e. The van der Waals surface area contributed by atoms with Crippen molar-refractivity contribution in [2.24, 2.45) is 0 Å². The third kappa shape index (κ3) is 8.60. The Labute approximate surface area is 187 Å². The first-order valence-electron chi connectivity index (χ1n) is 8.87. The van der Waals surface area contributed by atoms with Gasteiger partial charge in [-0.25, -0.2) is 8.42 Å². The van der Waals surface area contributed by atoms with E-state index in [4.69, 9.17) is 11.6 Å². The van der Waals surface area contributed by atoms with Crippen molar-refractivity contribution in [1.29, 1.82) is 0 Å². The Kier molecular flexibility index (Phi) is 9.04. The summed E-state index contributed by atoms with van der Waals surface area (Å²) in [5.74, 6) is -0.0981. The zero-order chi connectivity index (χ0) is 23.1. The number of hydrogen-bond acceptors (Lipinski definition) is 5. The lowest BCUT2D eigenvalue weighted by molar-refractivity contribution is -0.153. The molecule has 0 bridgehead atoms. The highest BCUT2D eigenvalue weighted by molar-refractivity contribution is 7.98. The number of ether oxygens (including phenoxy) is 1. The molecule has 0 saturated carbocycles. The summed E-state index contributed by atoms with van der Waals surface area (Å²) in [6, 6.07) is 9.72. The molecule has 0 radical (unpaired) electrons. The maximum absolute atomic E-state index is 12.7. The van der Waals surface area contributed by atoms with E-state index in [0.29, 0.717) is 10.8 Å². The topological polar surface area (TPSA) is 84.5 Å². The molecule has 2 aromatic rings. The van der Waals surface area contributed by atoms with Gasteiger partial charge in [-0.05, 0) is 67.0 Å². The molecule has 6 nitrogen and oxygen atoms in total. The van der Waals surface area contributed by atoms with Crippen LogP contribution in [0.15, 0.2) is 53.4 Å². The molecule has 1 amide bonds. The van der Waals surface area contributed by atoms with Crippen LogP contribution in [0.5, 0.6) is 5.75 Å². The van der Waals surface area contributed by atoms with Gasteiger partial charge >= 0.3 is 6.18 Å². The molecule has 0 aromatic heterocycles. The summed E-state index contributed by atoms with van der Waals surface area (Å²) in [5, 5.41) is 2.93. The second-order valence-electron chi connectivity index (χ2n) is 6.33. The monoisotopic (exact) mass is 496 g/mol. The number of anilines is 1. The lowest BCUT2D eigenvalue weighted by Gasteiger charge is -2.18. The van der Waals surface area contributed by atoms with Crippen LogP contribution in [-0.2, 0) is 14.8 Å². The van der Waals surface area contributed by atoms with Gasteiger partial charge in [-0.2, -0.15) is 29.7 Å². The molecule has 31 heavy (non-hydrogen) atoms. The van der Waals surface area contributed by atoms with Crippen LogP contribution in [0.3, 0.4) is 0 Å². The number of thioether (sulfide) groups is 1. The van der Waals surface area contributed by atoms with E-state index >= 15 is 0 Å². The van der Waals surface area contributed by atoms with E-state index in [1.54, 1.807) is 0 Å². The van der Waals surface area contributed by atoms with Crippen molar-refractivity contribution in [3.8, 4) is 5.75 Å². The lowest BCUT2D eigenvalue weighted by atomic mass is 10.2. The molecule has 0 aliphatic rings. The molecule has 0 aliphatic heterocycles. The van der Waals surface area contributed by atoms with Crippen molar-refractivity contribution < 1.29 is 31.1 Å². The highest BCUT2D eigenvalue weighted by atomic mass is 35.5. The van der Waals surface area contributed by atoms with Crippen LogP contribution in [0.2, 0.25) is 5.02 Å². The van der Waals surface area contributed by atoms with E-state index in [1.807, 2.05) is 6.26 Å². The summed E-state index contributed by atoms with van der Waals surface area (Å²) in [7, 11) is -3.98. The number of carbonyl (C=O) groups excluding carboxylic acids is 1. The molecular formula is C19H20ClF3N2O4S2. The van der Waals surface area contributed by atoms with Gasteiger partial charge in [0.2, 0.25) is 15.9 Å². The van der Waals surface area contributed by atoms with Crippen LogP contribution in [0.1, 0.15) is 6.42 Å². The van der Waals surface area contributed by atoms with Crippen LogP contribution < -0.4 is 14.8 Å². The van der Waals surface area contributed by atoms with Gasteiger partial charge in [0.25, 0.3) is 0 Å². The highest BCUT2D eigenvalue weighted by Crippen LogP contribution is 2.21. The number of halogens is 4. The number of alkyl halides is 3. The van der Waals surface area contributed by atoms with Gasteiger partial charge in [0.1, 0.15) is 11.8 Å². The Balaban J connectivity index is 2.08. The van der Waals surface area contributed by atoms with Crippen molar-refractivity contribution >= 4 is 45.0 Å². The Morgan fingerprint density at radius 2 is 1.74 bits per heavy atom. The maximum atomic E-state index is 12.7. The van der Waals surface area contributed by atoms with Gasteiger partial charge < -0.3 is 10.1 Å². The van der Waals surface area contributed by atoms with Crippen LogP contribution in [0, 0.1) is 0 Å². The van der Waals surface area contributed by atoms with E-state index < -0.39 is 34.8 Å². The second kappa shape index (κ2) is 11.1. The molecule has 2 rings (SSSR count). The summed E-state index contributed by atoms with van der Waals surface area (Å²) in [5.41, 5.74) is 0.282. The van der Waals surface area contributed by atoms with Crippen LogP contribution in [-0.4, -0.2) is 45.2 Å². The van der Waals surface area contributed by atoms with Crippen LogP contribution in [0.25, 0.3) is 0 Å². The minimum Gasteiger partial charge on any atom is -0.484 e. The van der Waals surface area contributed by atoms with Gasteiger partial charge in [0.05, 0.1) is 4.90 Å². The van der Waals surface area contributed by atoms with Crippen molar-refractivity contribution in [2.75, 3.05) is 23.9 Å². The van der Waals surface area contributed by atoms with E-state index in [1.165, 1.54) is 60.3 Å². The summed E-state index contributed by atoms with van der Waals surface area (Å²) >= 11 is 7.23. The Morgan fingerprint density at radius 1 is 1.13 bits per heavy atom. The van der Waals surface area contributed by atoms with E-state index in [9.17, 15) is 26.4 Å². The van der Waals surface area contributed by atoms with Gasteiger partial charge in [0, 0.05) is 10.7 Å². The number of carbonyl (C=O) groups is 1. The fourth-order valence-corrected chi connectivity index (χ4v) is 4.20. The Morgan fingerprint density at radius 3 is 2.29 bits per heavy atom. The fraction of sp³-hybridized carbons (Fsp3) is 0.316. The Bertz CT molecular complexity index is 969. The summed E-state index contributed by atoms with van der Waals surface area (Å²) in [6.45, 7) is -1.43. The number of amides is 1. The minimum absolute atomic E-state index is 0.0160. The van der Waals surface area contributed by atoms with Gasteiger partial charge in [-0.3, -0.25) is 4.79 Å². The Hall–Kier alpha value is -1.95. The third-order valence-electron chi connectivity index (χ3n) is 3.87. The third-order valence-corrected chi connectivity index (χ3v) is 6.26. The fourth-order valence-electron chi connectivity index (χ4n) is 2.38. The van der Waals surface area contributed by atoms with Gasteiger partial charge in [-0.1, -0.05) is 11.6 Å². The molecule has 0 spiro atoms. The first-order chi connectivity index (χ1) is 14.5. The van der Waals surface area contributed by atoms with E-state index in [-0.39, 0.29) is 22.8 Å². The molecule has 0 heterocycles. The number of nitrogens with one attached hydrogen (secondary N) is 2. The van der Waals surface area contributed by atoms with Gasteiger partial charge in [0.15, 0.2) is 6.61 Å². The van der Waals surface area contributed by atoms with E-state index in [2.05, 4.69) is 14.8 Å². The van der Waals surface area contributed by atoms with Crippen molar-refractivity contribution in [3.63, 3.8) is 0 Å². The standard InChI is InChI=1S/C19H20ClF3N2O4S2/c1-30-11-10-17(25-31(27,28)16-8-2-13(20)3-9-16)18(26)24-14-4-6-15(7-5-14)29-12-19(21,22)23/h2-9,17,25H,10-12H2,1H3,(H,24,26). The molecule has 0 aliphatic carbocycles. The maximum Gasteiger partial charge on any atom is 0.422 e. The molecule has 1 unspecified atom stereocenters. The van der Waals surface area contributed by atoms with Crippen molar-refractivity contribution in [1.82, 2.24) is 4.72 Å². The van der Waals surface area contributed by atoms with Crippen LogP contribution in [0.4, 0.5) is 18.9 Å². The zero-order valence-corrected chi connectivity index (χ0v) is 18.7. The average Bonchev–Trinajstić information content (AvgIpc) is 2.70. The molecule has 0 saturated heterocycles. The molecular weight excluding hydrogens is 477 g/mol. The van der Waals surface area contributed by atoms with Gasteiger partial charge in [-0.15, -0.1) is 0 Å². The average molecular weight is 497 g/mol. The van der Waals surface area contributed by atoms with Crippen LogP contribution >= 0.6 is 23.4 Å². The van der Waals surface area contributed by atoms with Crippen molar-refractivity contribution in [2.45, 2.75) is 23.5 Å². The minimum atomic E-state index is -4.46. The molecule has 170 valence electrons. The first kappa shape index (κ1) is 25.3.